The summed E-state index contributed by atoms with van der Waals surface area (Å²) in [6.45, 7) is 5.46. The Morgan fingerprint density at radius 2 is 2.05 bits per heavy atom. The van der Waals surface area contributed by atoms with Gasteiger partial charge in [0.25, 0.3) is 5.91 Å². The second-order valence-electron chi connectivity index (χ2n) is 4.47. The number of aromatic nitrogens is 1. The Morgan fingerprint density at radius 1 is 1.32 bits per heavy atom. The molecule has 7 heteroatoms. The van der Waals surface area contributed by atoms with Crippen molar-refractivity contribution in [2.45, 2.75) is 20.5 Å². The van der Waals surface area contributed by atoms with E-state index < -0.39 is 0 Å². The maximum atomic E-state index is 12.2. The minimum Gasteiger partial charge on any atom is -0.485 e. The Hall–Kier alpha value is -1.30. The normalized spacial score (nSPS) is 10.5. The molecule has 0 N–H and O–H groups in total. The van der Waals surface area contributed by atoms with Crippen molar-refractivity contribution < 1.29 is 9.53 Å². The van der Waals surface area contributed by atoms with Gasteiger partial charge in [-0.25, -0.2) is 4.98 Å². The van der Waals surface area contributed by atoms with Gasteiger partial charge in [-0.1, -0.05) is 23.2 Å². The van der Waals surface area contributed by atoms with E-state index in [9.17, 15) is 4.79 Å². The van der Waals surface area contributed by atoms with Gasteiger partial charge < -0.3 is 9.64 Å². The Bertz CT molecular complexity index is 657. The fourth-order valence-corrected chi connectivity index (χ4v) is 2.89. The summed E-state index contributed by atoms with van der Waals surface area (Å²) in [6, 6.07) is 5.02. The SMILES string of the molecule is CCN(CC)C(=O)c1csc(COc2cc(Cl)ccc2Cl)n1. The molecule has 1 aromatic carbocycles. The second-order valence-corrected chi connectivity index (χ2v) is 6.25. The number of rotatable bonds is 6. The molecular formula is C15H16Cl2N2O2S. The van der Waals surface area contributed by atoms with E-state index in [0.29, 0.717) is 39.6 Å². The molecule has 4 nitrogen and oxygen atoms in total. The first-order chi connectivity index (χ1) is 10.5. The van der Waals surface area contributed by atoms with Crippen LogP contribution in [0.4, 0.5) is 0 Å². The number of thiazole rings is 1. The molecule has 0 spiro atoms. The van der Waals surface area contributed by atoms with E-state index in [1.807, 2.05) is 13.8 Å². The van der Waals surface area contributed by atoms with Crippen LogP contribution >= 0.6 is 34.5 Å². The van der Waals surface area contributed by atoms with Crippen molar-refractivity contribution in [2.24, 2.45) is 0 Å². The van der Waals surface area contributed by atoms with Gasteiger partial charge in [0.1, 0.15) is 23.1 Å². The minimum absolute atomic E-state index is 0.0618. The lowest BCUT2D eigenvalue weighted by molar-refractivity contribution is 0.0767. The number of hydrogen-bond acceptors (Lipinski definition) is 4. The molecular weight excluding hydrogens is 343 g/mol. The van der Waals surface area contributed by atoms with Crippen molar-refractivity contribution in [1.82, 2.24) is 9.88 Å². The number of hydrogen-bond donors (Lipinski definition) is 0. The van der Waals surface area contributed by atoms with E-state index in [2.05, 4.69) is 4.98 Å². The van der Waals surface area contributed by atoms with Gasteiger partial charge in [0, 0.05) is 29.6 Å². The molecule has 2 rings (SSSR count). The molecule has 1 heterocycles. The summed E-state index contributed by atoms with van der Waals surface area (Å²) >= 11 is 13.3. The molecule has 0 bridgehead atoms. The van der Waals surface area contributed by atoms with Crippen molar-refractivity contribution in [3.05, 3.63) is 44.3 Å². The molecule has 0 aliphatic rings. The third-order valence-corrected chi connectivity index (χ3v) is 4.44. The van der Waals surface area contributed by atoms with Crippen molar-refractivity contribution in [1.29, 1.82) is 0 Å². The molecule has 118 valence electrons. The lowest BCUT2D eigenvalue weighted by Gasteiger charge is -2.16. The van der Waals surface area contributed by atoms with Crippen LogP contribution in [0.5, 0.6) is 5.75 Å². The first-order valence-corrected chi connectivity index (χ1v) is 8.50. The summed E-state index contributed by atoms with van der Waals surface area (Å²) in [5.74, 6) is 0.439. The highest BCUT2D eigenvalue weighted by Gasteiger charge is 2.16. The van der Waals surface area contributed by atoms with Gasteiger partial charge in [-0.2, -0.15) is 0 Å². The van der Waals surface area contributed by atoms with E-state index in [1.165, 1.54) is 11.3 Å². The van der Waals surface area contributed by atoms with Gasteiger partial charge in [0.05, 0.1) is 5.02 Å². The zero-order chi connectivity index (χ0) is 16.1. The van der Waals surface area contributed by atoms with Crippen LogP contribution < -0.4 is 4.74 Å². The summed E-state index contributed by atoms with van der Waals surface area (Å²) in [5.41, 5.74) is 0.449. The molecule has 0 unspecified atom stereocenters. The van der Waals surface area contributed by atoms with Crippen LogP contribution in [-0.4, -0.2) is 28.9 Å². The van der Waals surface area contributed by atoms with E-state index in [-0.39, 0.29) is 12.5 Å². The van der Waals surface area contributed by atoms with Crippen LogP contribution in [0.25, 0.3) is 0 Å². The molecule has 0 fully saturated rings. The first-order valence-electron chi connectivity index (χ1n) is 6.86. The number of nitrogens with zero attached hydrogens (tertiary/aromatic N) is 2. The first kappa shape index (κ1) is 17.1. The zero-order valence-corrected chi connectivity index (χ0v) is 14.6. The fraction of sp³-hybridized carbons (Fsp3) is 0.333. The van der Waals surface area contributed by atoms with Crippen LogP contribution in [0, 0.1) is 0 Å². The molecule has 1 amide bonds. The summed E-state index contributed by atoms with van der Waals surface area (Å²) < 4.78 is 5.62. The largest absolute Gasteiger partial charge is 0.485 e. The summed E-state index contributed by atoms with van der Waals surface area (Å²) in [4.78, 5) is 18.2. The van der Waals surface area contributed by atoms with Crippen LogP contribution in [-0.2, 0) is 6.61 Å². The van der Waals surface area contributed by atoms with Gasteiger partial charge in [0.2, 0.25) is 0 Å². The number of carbonyl (C=O) groups excluding carboxylic acids is 1. The molecule has 2 aromatic rings. The van der Waals surface area contributed by atoms with Crippen LogP contribution in [0.1, 0.15) is 29.3 Å². The molecule has 22 heavy (non-hydrogen) atoms. The van der Waals surface area contributed by atoms with Crippen LogP contribution in [0.3, 0.4) is 0 Å². The van der Waals surface area contributed by atoms with Crippen molar-refractivity contribution in [3.63, 3.8) is 0 Å². The molecule has 0 aliphatic heterocycles. The smallest absolute Gasteiger partial charge is 0.273 e. The number of benzene rings is 1. The molecule has 0 saturated carbocycles. The fourth-order valence-electron chi connectivity index (χ4n) is 1.88. The van der Waals surface area contributed by atoms with E-state index in [1.54, 1.807) is 28.5 Å². The molecule has 0 radical (unpaired) electrons. The number of halogens is 2. The molecule has 0 saturated heterocycles. The predicted molar refractivity (Wildman–Crippen MR) is 90.2 cm³/mol. The monoisotopic (exact) mass is 358 g/mol. The predicted octanol–water partition coefficient (Wildman–Crippen LogP) is 4.51. The summed E-state index contributed by atoms with van der Waals surface area (Å²) in [7, 11) is 0. The minimum atomic E-state index is -0.0618. The number of carbonyl (C=O) groups is 1. The van der Waals surface area contributed by atoms with E-state index >= 15 is 0 Å². The quantitative estimate of drug-likeness (QED) is 0.762. The Kier molecular flexibility index (Phi) is 6.06. The van der Waals surface area contributed by atoms with E-state index in [0.717, 1.165) is 0 Å². The topological polar surface area (TPSA) is 42.4 Å². The van der Waals surface area contributed by atoms with Crippen molar-refractivity contribution in [2.75, 3.05) is 13.1 Å². The van der Waals surface area contributed by atoms with Gasteiger partial charge in [-0.3, -0.25) is 4.79 Å². The van der Waals surface area contributed by atoms with Crippen LogP contribution in [0.15, 0.2) is 23.6 Å². The van der Waals surface area contributed by atoms with Crippen LogP contribution in [0.2, 0.25) is 10.0 Å². The second kappa shape index (κ2) is 7.81. The third-order valence-electron chi connectivity index (χ3n) is 3.07. The lowest BCUT2D eigenvalue weighted by atomic mass is 10.3. The van der Waals surface area contributed by atoms with Gasteiger partial charge >= 0.3 is 0 Å². The average molecular weight is 359 g/mol. The molecule has 1 aromatic heterocycles. The standard InChI is InChI=1S/C15H16Cl2N2O2S/c1-3-19(4-2)15(20)12-9-22-14(18-12)8-21-13-7-10(16)5-6-11(13)17/h5-7,9H,3-4,8H2,1-2H3. The third kappa shape index (κ3) is 4.12. The number of ether oxygens (including phenoxy) is 1. The Balaban J connectivity index is 2.03. The van der Waals surface area contributed by atoms with Gasteiger partial charge in [-0.05, 0) is 26.0 Å². The highest BCUT2D eigenvalue weighted by atomic mass is 35.5. The van der Waals surface area contributed by atoms with Gasteiger partial charge in [-0.15, -0.1) is 11.3 Å². The number of amides is 1. The Labute approximate surface area is 143 Å². The maximum Gasteiger partial charge on any atom is 0.273 e. The molecule has 0 aliphatic carbocycles. The lowest BCUT2D eigenvalue weighted by Crippen LogP contribution is -2.30. The van der Waals surface area contributed by atoms with Crippen molar-refractivity contribution >= 4 is 40.4 Å². The summed E-state index contributed by atoms with van der Waals surface area (Å²) in [5, 5.41) is 3.50. The highest BCUT2D eigenvalue weighted by Crippen LogP contribution is 2.28. The highest BCUT2D eigenvalue weighted by molar-refractivity contribution is 7.09. The van der Waals surface area contributed by atoms with Crippen molar-refractivity contribution in [3.8, 4) is 5.75 Å². The average Bonchev–Trinajstić information content (AvgIpc) is 2.98. The zero-order valence-electron chi connectivity index (χ0n) is 12.3. The van der Waals surface area contributed by atoms with E-state index in [4.69, 9.17) is 27.9 Å². The maximum absolute atomic E-state index is 12.2. The summed E-state index contributed by atoms with van der Waals surface area (Å²) in [6.07, 6.45) is 0. The molecule has 0 atom stereocenters. The Morgan fingerprint density at radius 3 is 2.73 bits per heavy atom. The van der Waals surface area contributed by atoms with Gasteiger partial charge in [0.15, 0.2) is 0 Å².